The highest BCUT2D eigenvalue weighted by atomic mass is 79.9. The fourth-order valence-corrected chi connectivity index (χ4v) is 2.78. The van der Waals surface area contributed by atoms with E-state index in [2.05, 4.69) is 26.5 Å². The Morgan fingerprint density at radius 3 is 2.90 bits per heavy atom. The fourth-order valence-electron chi connectivity index (χ4n) is 2.10. The molecule has 0 aliphatic heterocycles. The summed E-state index contributed by atoms with van der Waals surface area (Å²) >= 11 is 9.22. The lowest BCUT2D eigenvalue weighted by atomic mass is 10.0. The number of hydrogen-bond acceptors (Lipinski definition) is 3. The molecule has 7 heteroatoms. The van der Waals surface area contributed by atoms with Gasteiger partial charge in [0.1, 0.15) is 5.82 Å². The Morgan fingerprint density at radius 1 is 1.55 bits per heavy atom. The molecular formula is C13H15BrClFN4. The van der Waals surface area contributed by atoms with Crippen LogP contribution < -0.4 is 11.3 Å². The zero-order chi connectivity index (χ0) is 14.7. The van der Waals surface area contributed by atoms with Crippen LogP contribution in [0.2, 0.25) is 5.02 Å². The van der Waals surface area contributed by atoms with E-state index in [-0.39, 0.29) is 0 Å². The van der Waals surface area contributed by atoms with Gasteiger partial charge in [0.15, 0.2) is 0 Å². The van der Waals surface area contributed by atoms with E-state index < -0.39 is 11.9 Å². The predicted molar refractivity (Wildman–Crippen MR) is 80.8 cm³/mol. The molecule has 1 heterocycles. The van der Waals surface area contributed by atoms with Crippen LogP contribution in [0.25, 0.3) is 0 Å². The van der Waals surface area contributed by atoms with Gasteiger partial charge in [0, 0.05) is 17.1 Å². The standard InChI is InChI=1S/C13H15BrClFN4/c1-2-5-20-13(10(14)7-18-20)12(19-17)9-4-3-8(15)6-11(9)16/h3-4,6-7,12,19H,2,5,17H2,1H3. The molecule has 3 N–H and O–H groups in total. The highest BCUT2D eigenvalue weighted by Crippen LogP contribution is 2.30. The topological polar surface area (TPSA) is 55.9 Å². The van der Waals surface area contributed by atoms with Crippen molar-refractivity contribution < 1.29 is 4.39 Å². The molecule has 20 heavy (non-hydrogen) atoms. The van der Waals surface area contributed by atoms with Gasteiger partial charge in [-0.3, -0.25) is 10.5 Å². The Bertz CT molecular complexity index is 602. The van der Waals surface area contributed by atoms with E-state index >= 15 is 0 Å². The van der Waals surface area contributed by atoms with Gasteiger partial charge in [-0.15, -0.1) is 0 Å². The molecule has 0 amide bonds. The third-order valence-electron chi connectivity index (χ3n) is 2.98. The molecule has 0 spiro atoms. The second kappa shape index (κ2) is 6.67. The number of hydrogen-bond donors (Lipinski definition) is 2. The highest BCUT2D eigenvalue weighted by Gasteiger charge is 2.23. The maximum atomic E-state index is 14.1. The van der Waals surface area contributed by atoms with Crippen molar-refractivity contribution >= 4 is 27.5 Å². The first-order chi connectivity index (χ1) is 9.58. The van der Waals surface area contributed by atoms with Crippen LogP contribution in [0, 0.1) is 5.82 Å². The van der Waals surface area contributed by atoms with E-state index in [1.54, 1.807) is 18.3 Å². The van der Waals surface area contributed by atoms with Gasteiger partial charge in [0.05, 0.1) is 22.4 Å². The minimum absolute atomic E-state index is 0.350. The van der Waals surface area contributed by atoms with Gasteiger partial charge in [0.2, 0.25) is 0 Å². The summed E-state index contributed by atoms with van der Waals surface area (Å²) in [7, 11) is 0. The SMILES string of the molecule is CCCn1ncc(Br)c1C(NN)c1ccc(Cl)cc1F. The maximum Gasteiger partial charge on any atom is 0.129 e. The van der Waals surface area contributed by atoms with Crippen LogP contribution in [0.5, 0.6) is 0 Å². The number of hydrazine groups is 1. The molecule has 1 aromatic carbocycles. The summed E-state index contributed by atoms with van der Waals surface area (Å²) in [5, 5.41) is 4.62. The molecule has 4 nitrogen and oxygen atoms in total. The van der Waals surface area contributed by atoms with E-state index in [0.717, 1.165) is 23.1 Å². The van der Waals surface area contributed by atoms with Gasteiger partial charge in [-0.2, -0.15) is 5.10 Å². The van der Waals surface area contributed by atoms with E-state index in [9.17, 15) is 4.39 Å². The molecule has 1 aromatic heterocycles. The Balaban J connectivity index is 2.49. The Labute approximate surface area is 130 Å². The summed E-state index contributed by atoms with van der Waals surface area (Å²) in [5.74, 6) is 5.22. The molecule has 0 bridgehead atoms. The van der Waals surface area contributed by atoms with E-state index in [4.69, 9.17) is 17.4 Å². The van der Waals surface area contributed by atoms with Gasteiger partial charge in [0.25, 0.3) is 0 Å². The number of rotatable bonds is 5. The van der Waals surface area contributed by atoms with Crippen LogP contribution in [0.4, 0.5) is 4.39 Å². The molecular weight excluding hydrogens is 347 g/mol. The maximum absolute atomic E-state index is 14.1. The largest absolute Gasteiger partial charge is 0.271 e. The number of nitrogens with two attached hydrogens (primary N) is 1. The smallest absolute Gasteiger partial charge is 0.129 e. The van der Waals surface area contributed by atoms with Crippen molar-refractivity contribution in [2.75, 3.05) is 0 Å². The van der Waals surface area contributed by atoms with E-state index in [1.807, 2.05) is 11.6 Å². The molecule has 0 radical (unpaired) electrons. The Kier molecular flexibility index (Phi) is 5.15. The number of nitrogens with zero attached hydrogens (tertiary/aromatic N) is 2. The summed E-state index contributed by atoms with van der Waals surface area (Å²) in [6.45, 7) is 2.78. The first kappa shape index (κ1) is 15.4. The van der Waals surface area contributed by atoms with Crippen molar-refractivity contribution in [3.63, 3.8) is 0 Å². The lowest BCUT2D eigenvalue weighted by Crippen LogP contribution is -2.31. The van der Waals surface area contributed by atoms with Crippen molar-refractivity contribution in [1.82, 2.24) is 15.2 Å². The van der Waals surface area contributed by atoms with Gasteiger partial charge >= 0.3 is 0 Å². The number of aryl methyl sites for hydroxylation is 1. The van der Waals surface area contributed by atoms with Crippen molar-refractivity contribution in [2.45, 2.75) is 25.9 Å². The molecule has 1 unspecified atom stereocenters. The van der Waals surface area contributed by atoms with E-state index in [1.165, 1.54) is 6.07 Å². The van der Waals surface area contributed by atoms with Crippen LogP contribution in [-0.4, -0.2) is 9.78 Å². The monoisotopic (exact) mass is 360 g/mol. The highest BCUT2D eigenvalue weighted by molar-refractivity contribution is 9.10. The van der Waals surface area contributed by atoms with Crippen molar-refractivity contribution in [1.29, 1.82) is 0 Å². The Morgan fingerprint density at radius 2 is 2.30 bits per heavy atom. The molecule has 1 atom stereocenters. The van der Waals surface area contributed by atoms with Crippen molar-refractivity contribution in [2.24, 2.45) is 5.84 Å². The minimum atomic E-state index is -0.504. The molecule has 0 aliphatic rings. The lowest BCUT2D eigenvalue weighted by molar-refractivity contribution is 0.501. The van der Waals surface area contributed by atoms with Crippen molar-refractivity contribution in [3.05, 3.63) is 51.0 Å². The first-order valence-corrected chi connectivity index (χ1v) is 7.37. The van der Waals surface area contributed by atoms with Crippen LogP contribution >= 0.6 is 27.5 Å². The third kappa shape index (κ3) is 3.03. The molecule has 108 valence electrons. The summed E-state index contributed by atoms with van der Waals surface area (Å²) in [6.07, 6.45) is 2.60. The Hall–Kier alpha value is -0.950. The van der Waals surface area contributed by atoms with Gasteiger partial charge < -0.3 is 0 Å². The average Bonchev–Trinajstić information content (AvgIpc) is 2.75. The number of benzene rings is 1. The van der Waals surface area contributed by atoms with Crippen molar-refractivity contribution in [3.8, 4) is 0 Å². The number of halogens is 3. The molecule has 2 rings (SSSR count). The number of aromatic nitrogens is 2. The van der Waals surface area contributed by atoms with Gasteiger partial charge in [-0.1, -0.05) is 24.6 Å². The molecule has 0 saturated heterocycles. The van der Waals surface area contributed by atoms with Gasteiger partial charge in [-0.05, 0) is 34.5 Å². The summed E-state index contributed by atoms with van der Waals surface area (Å²) < 4.78 is 16.7. The average molecular weight is 362 g/mol. The van der Waals surface area contributed by atoms with E-state index in [0.29, 0.717) is 10.6 Å². The predicted octanol–water partition coefficient (Wildman–Crippen LogP) is 3.40. The third-order valence-corrected chi connectivity index (χ3v) is 3.83. The lowest BCUT2D eigenvalue weighted by Gasteiger charge is -2.19. The van der Waals surface area contributed by atoms with Crippen LogP contribution in [0.15, 0.2) is 28.9 Å². The molecule has 0 aliphatic carbocycles. The number of nitrogens with one attached hydrogen (secondary N) is 1. The summed E-state index contributed by atoms with van der Waals surface area (Å²) in [4.78, 5) is 0. The first-order valence-electron chi connectivity index (χ1n) is 6.20. The minimum Gasteiger partial charge on any atom is -0.271 e. The zero-order valence-electron chi connectivity index (χ0n) is 10.9. The zero-order valence-corrected chi connectivity index (χ0v) is 13.2. The summed E-state index contributed by atoms with van der Waals surface area (Å²) in [6, 6.07) is 4.03. The van der Waals surface area contributed by atoms with Gasteiger partial charge in [-0.25, -0.2) is 9.82 Å². The molecule has 2 aromatic rings. The molecule has 0 saturated carbocycles. The second-order valence-electron chi connectivity index (χ2n) is 4.37. The van der Waals surface area contributed by atoms with Crippen LogP contribution in [0.3, 0.4) is 0 Å². The fraction of sp³-hybridized carbons (Fsp3) is 0.308. The molecule has 0 fully saturated rings. The van der Waals surface area contributed by atoms with Crippen LogP contribution in [-0.2, 0) is 6.54 Å². The quantitative estimate of drug-likeness (QED) is 0.634. The van der Waals surface area contributed by atoms with Crippen LogP contribution in [0.1, 0.15) is 30.6 Å². The second-order valence-corrected chi connectivity index (χ2v) is 5.66. The normalized spacial score (nSPS) is 12.7. The summed E-state index contributed by atoms with van der Waals surface area (Å²) in [5.41, 5.74) is 3.86.